The minimum atomic E-state index is -0.116. The van der Waals surface area contributed by atoms with Crippen molar-refractivity contribution in [1.29, 1.82) is 0 Å². The van der Waals surface area contributed by atoms with Gasteiger partial charge >= 0.3 is 0 Å². The van der Waals surface area contributed by atoms with Crippen LogP contribution in [0.4, 0.5) is 0 Å². The Morgan fingerprint density at radius 3 is 2.70 bits per heavy atom. The molecule has 4 heteroatoms. The molecule has 1 amide bonds. The highest BCUT2D eigenvalue weighted by atomic mass is 16.1. The number of benzene rings is 1. The predicted molar refractivity (Wildman–Crippen MR) is 91.2 cm³/mol. The van der Waals surface area contributed by atoms with Crippen LogP contribution in [0.5, 0.6) is 0 Å². The molecule has 0 radical (unpaired) electrons. The number of pyridine rings is 1. The van der Waals surface area contributed by atoms with Crippen molar-refractivity contribution < 1.29 is 4.79 Å². The summed E-state index contributed by atoms with van der Waals surface area (Å²) in [6.45, 7) is 4.52. The fourth-order valence-electron chi connectivity index (χ4n) is 2.85. The summed E-state index contributed by atoms with van der Waals surface area (Å²) in [6, 6.07) is 13.9. The maximum atomic E-state index is 12.5. The number of imidazole rings is 1. The van der Waals surface area contributed by atoms with Crippen LogP contribution < -0.4 is 5.32 Å². The average molecular weight is 307 g/mol. The molecule has 4 nitrogen and oxygen atoms in total. The third-order valence-electron chi connectivity index (χ3n) is 4.10. The lowest BCUT2D eigenvalue weighted by Crippen LogP contribution is -2.28. The number of hydrogen-bond acceptors (Lipinski definition) is 2. The van der Waals surface area contributed by atoms with Gasteiger partial charge in [-0.15, -0.1) is 0 Å². The first kappa shape index (κ1) is 15.3. The van der Waals surface area contributed by atoms with Crippen LogP contribution in [0.2, 0.25) is 0 Å². The normalized spacial score (nSPS) is 12.3. The van der Waals surface area contributed by atoms with Crippen LogP contribution in [0.15, 0.2) is 54.9 Å². The number of amides is 1. The zero-order valence-corrected chi connectivity index (χ0v) is 13.5. The zero-order chi connectivity index (χ0) is 16.2. The van der Waals surface area contributed by atoms with Gasteiger partial charge in [-0.3, -0.25) is 4.79 Å². The molecule has 1 unspecified atom stereocenters. The van der Waals surface area contributed by atoms with Crippen LogP contribution in [-0.2, 0) is 11.3 Å². The molecule has 0 aliphatic heterocycles. The first-order valence-corrected chi connectivity index (χ1v) is 7.95. The van der Waals surface area contributed by atoms with Crippen LogP contribution in [0.25, 0.3) is 5.65 Å². The molecule has 2 aromatic heterocycles. The zero-order valence-electron chi connectivity index (χ0n) is 13.5. The van der Waals surface area contributed by atoms with Crippen LogP contribution >= 0.6 is 0 Å². The molecular weight excluding hydrogens is 286 g/mol. The van der Waals surface area contributed by atoms with E-state index in [-0.39, 0.29) is 11.8 Å². The van der Waals surface area contributed by atoms with Gasteiger partial charge in [0.15, 0.2) is 0 Å². The molecule has 0 saturated carbocycles. The molecule has 0 fully saturated rings. The van der Waals surface area contributed by atoms with Crippen molar-refractivity contribution in [2.45, 2.75) is 32.7 Å². The Balaban J connectivity index is 1.71. The molecule has 1 atom stereocenters. The summed E-state index contributed by atoms with van der Waals surface area (Å²) in [5.41, 5.74) is 3.99. The second kappa shape index (κ2) is 6.65. The van der Waals surface area contributed by atoms with Gasteiger partial charge in [-0.2, -0.15) is 0 Å². The van der Waals surface area contributed by atoms with E-state index in [1.165, 1.54) is 0 Å². The van der Waals surface area contributed by atoms with Gasteiger partial charge in [-0.1, -0.05) is 43.3 Å². The number of aromatic nitrogens is 2. The standard InChI is InChI=1S/C19H21N3O/c1-3-17(15-9-5-4-6-10-15)19(23)20-12-16-13-22-11-7-8-14(2)18(22)21-16/h4-11,13,17H,3,12H2,1-2H3,(H,20,23). The summed E-state index contributed by atoms with van der Waals surface area (Å²) in [5, 5.41) is 3.01. The third-order valence-corrected chi connectivity index (χ3v) is 4.10. The van der Waals surface area contributed by atoms with E-state index in [0.29, 0.717) is 6.54 Å². The summed E-state index contributed by atoms with van der Waals surface area (Å²) in [7, 11) is 0. The second-order valence-electron chi connectivity index (χ2n) is 5.74. The van der Waals surface area contributed by atoms with Gasteiger partial charge in [-0.25, -0.2) is 4.98 Å². The van der Waals surface area contributed by atoms with E-state index >= 15 is 0 Å². The van der Waals surface area contributed by atoms with Gasteiger partial charge in [0.05, 0.1) is 18.2 Å². The first-order chi connectivity index (χ1) is 11.2. The number of aryl methyl sites for hydroxylation is 1. The van der Waals surface area contributed by atoms with Crippen molar-refractivity contribution in [3.63, 3.8) is 0 Å². The smallest absolute Gasteiger partial charge is 0.227 e. The average Bonchev–Trinajstić information content (AvgIpc) is 2.99. The minimum absolute atomic E-state index is 0.0486. The fraction of sp³-hybridized carbons (Fsp3) is 0.263. The monoisotopic (exact) mass is 307 g/mol. The summed E-state index contributed by atoms with van der Waals surface area (Å²) in [5.74, 6) is -0.0672. The van der Waals surface area contributed by atoms with Gasteiger partial charge in [-0.05, 0) is 30.5 Å². The molecule has 0 spiro atoms. The van der Waals surface area contributed by atoms with Crippen molar-refractivity contribution in [2.75, 3.05) is 0 Å². The SMILES string of the molecule is CCC(C(=O)NCc1cn2cccc(C)c2n1)c1ccccc1. The van der Waals surface area contributed by atoms with Crippen molar-refractivity contribution in [3.8, 4) is 0 Å². The predicted octanol–water partition coefficient (Wildman–Crippen LogP) is 3.45. The van der Waals surface area contributed by atoms with Crippen molar-refractivity contribution in [2.24, 2.45) is 0 Å². The fourth-order valence-corrected chi connectivity index (χ4v) is 2.85. The Hall–Kier alpha value is -2.62. The molecule has 1 aromatic carbocycles. The van der Waals surface area contributed by atoms with Crippen LogP contribution in [0.1, 0.15) is 36.1 Å². The van der Waals surface area contributed by atoms with E-state index in [1.807, 2.05) is 73.1 Å². The van der Waals surface area contributed by atoms with Gasteiger partial charge < -0.3 is 9.72 Å². The Morgan fingerprint density at radius 2 is 2.00 bits per heavy atom. The molecule has 3 rings (SSSR count). The highest BCUT2D eigenvalue weighted by Gasteiger charge is 2.18. The van der Waals surface area contributed by atoms with Crippen molar-refractivity contribution >= 4 is 11.6 Å². The molecule has 3 aromatic rings. The van der Waals surface area contributed by atoms with Gasteiger partial charge in [0.25, 0.3) is 0 Å². The maximum Gasteiger partial charge on any atom is 0.227 e. The molecule has 0 bridgehead atoms. The lowest BCUT2D eigenvalue weighted by Gasteiger charge is -2.14. The molecule has 0 aliphatic rings. The summed E-state index contributed by atoms with van der Waals surface area (Å²) >= 11 is 0. The van der Waals surface area contributed by atoms with Crippen LogP contribution in [0.3, 0.4) is 0 Å². The molecule has 0 aliphatic carbocycles. The van der Waals surface area contributed by atoms with Gasteiger partial charge in [0, 0.05) is 12.4 Å². The lowest BCUT2D eigenvalue weighted by atomic mass is 9.96. The minimum Gasteiger partial charge on any atom is -0.350 e. The van der Waals surface area contributed by atoms with E-state index in [1.54, 1.807) is 0 Å². The topological polar surface area (TPSA) is 46.4 Å². The largest absolute Gasteiger partial charge is 0.350 e. The molecular formula is C19H21N3O. The molecule has 118 valence electrons. The van der Waals surface area contributed by atoms with Crippen molar-refractivity contribution in [3.05, 3.63) is 71.7 Å². The molecule has 2 heterocycles. The first-order valence-electron chi connectivity index (χ1n) is 7.95. The Morgan fingerprint density at radius 1 is 1.22 bits per heavy atom. The Bertz CT molecular complexity index is 808. The Kier molecular flexibility index (Phi) is 4.42. The Labute approximate surface area is 136 Å². The molecule has 23 heavy (non-hydrogen) atoms. The van der Waals surface area contributed by atoms with E-state index in [2.05, 4.69) is 10.3 Å². The highest BCUT2D eigenvalue weighted by molar-refractivity contribution is 5.83. The van der Waals surface area contributed by atoms with Gasteiger partial charge in [0.1, 0.15) is 5.65 Å². The number of carbonyl (C=O) groups excluding carboxylic acids is 1. The quantitative estimate of drug-likeness (QED) is 0.784. The van der Waals surface area contributed by atoms with E-state index in [9.17, 15) is 4.79 Å². The highest BCUT2D eigenvalue weighted by Crippen LogP contribution is 2.19. The third kappa shape index (κ3) is 3.26. The number of rotatable bonds is 5. The number of nitrogens with zero attached hydrogens (tertiary/aromatic N) is 2. The lowest BCUT2D eigenvalue weighted by molar-refractivity contribution is -0.122. The van der Waals surface area contributed by atoms with E-state index < -0.39 is 0 Å². The molecule has 1 N–H and O–H groups in total. The summed E-state index contributed by atoms with van der Waals surface area (Å²) in [6.07, 6.45) is 4.71. The number of carbonyl (C=O) groups is 1. The summed E-state index contributed by atoms with van der Waals surface area (Å²) < 4.78 is 1.99. The number of nitrogens with one attached hydrogen (secondary N) is 1. The van der Waals surface area contributed by atoms with Crippen LogP contribution in [0, 0.1) is 6.92 Å². The van der Waals surface area contributed by atoms with Crippen molar-refractivity contribution in [1.82, 2.24) is 14.7 Å². The molecule has 0 saturated heterocycles. The van der Waals surface area contributed by atoms with E-state index in [0.717, 1.165) is 28.9 Å². The van der Waals surface area contributed by atoms with E-state index in [4.69, 9.17) is 0 Å². The summed E-state index contributed by atoms with van der Waals surface area (Å²) in [4.78, 5) is 17.1. The number of fused-ring (bicyclic) bond motifs is 1. The maximum absolute atomic E-state index is 12.5. The number of hydrogen-bond donors (Lipinski definition) is 1. The van der Waals surface area contributed by atoms with Crippen LogP contribution in [-0.4, -0.2) is 15.3 Å². The second-order valence-corrected chi connectivity index (χ2v) is 5.74. The van der Waals surface area contributed by atoms with Gasteiger partial charge in [0.2, 0.25) is 5.91 Å².